The summed E-state index contributed by atoms with van der Waals surface area (Å²) >= 11 is 6.30. The predicted molar refractivity (Wildman–Crippen MR) is 227 cm³/mol. The maximum absolute atomic E-state index is 13.9. The van der Waals surface area contributed by atoms with E-state index in [0.29, 0.717) is 58.0 Å². The second kappa shape index (κ2) is 16.3. The number of nitrogens with one attached hydrogen (secondary N) is 1. The number of ether oxygens (including phenoxy) is 1. The van der Waals surface area contributed by atoms with Gasteiger partial charge in [0.25, 0.3) is 17.7 Å². The highest BCUT2D eigenvalue weighted by Gasteiger charge is 2.50. The Morgan fingerprint density at radius 2 is 1.50 bits per heavy atom. The zero-order chi connectivity index (χ0) is 42.5. The van der Waals surface area contributed by atoms with Gasteiger partial charge in [-0.15, -0.1) is 0 Å². The van der Waals surface area contributed by atoms with Crippen LogP contribution in [0.3, 0.4) is 0 Å². The fraction of sp³-hybridized carbons (Fsp3) is 0.489. The van der Waals surface area contributed by atoms with E-state index in [1.807, 2.05) is 23.1 Å². The van der Waals surface area contributed by atoms with Gasteiger partial charge in [-0.05, 0) is 105 Å². The average molecular weight is 833 g/mol. The van der Waals surface area contributed by atoms with Crippen molar-refractivity contribution in [2.75, 3.05) is 50.7 Å². The van der Waals surface area contributed by atoms with Crippen molar-refractivity contribution < 1.29 is 28.7 Å². The van der Waals surface area contributed by atoms with Crippen molar-refractivity contribution in [1.29, 1.82) is 5.26 Å². The largest absolute Gasteiger partial charge is 0.489 e. The Morgan fingerprint density at radius 1 is 0.833 bits per heavy atom. The number of nitriles is 1. The zero-order valence-corrected chi connectivity index (χ0v) is 35.6. The Kier molecular flexibility index (Phi) is 11.3. The van der Waals surface area contributed by atoms with Gasteiger partial charge in [-0.1, -0.05) is 51.4 Å². The Hall–Kier alpha value is -5.25. The Labute approximate surface area is 356 Å². The number of carbonyl (C=O) groups is 5. The molecule has 1 unspecified atom stereocenters. The molecule has 0 bridgehead atoms. The number of hydrogen-bond acceptors (Lipinski definition) is 9. The highest BCUT2D eigenvalue weighted by Crippen LogP contribution is 2.44. The maximum Gasteiger partial charge on any atom is 0.262 e. The van der Waals surface area contributed by atoms with E-state index in [-0.39, 0.29) is 41.6 Å². The van der Waals surface area contributed by atoms with E-state index in [0.717, 1.165) is 69.0 Å². The Bertz CT molecular complexity index is 2230. The van der Waals surface area contributed by atoms with Crippen LogP contribution in [0.25, 0.3) is 0 Å². The molecule has 5 aliphatic heterocycles. The van der Waals surface area contributed by atoms with Gasteiger partial charge >= 0.3 is 0 Å². The number of hydrogen-bond donors (Lipinski definition) is 1. The summed E-state index contributed by atoms with van der Waals surface area (Å²) in [6.45, 7) is 14.5. The third kappa shape index (κ3) is 8.14. The Balaban J connectivity index is 0.802. The van der Waals surface area contributed by atoms with Crippen molar-refractivity contribution in [2.24, 2.45) is 16.7 Å². The smallest absolute Gasteiger partial charge is 0.262 e. The quantitative estimate of drug-likeness (QED) is 0.247. The molecule has 1 N–H and O–H groups in total. The van der Waals surface area contributed by atoms with Gasteiger partial charge in [-0.3, -0.25) is 34.2 Å². The van der Waals surface area contributed by atoms with Crippen molar-refractivity contribution in [2.45, 2.75) is 84.3 Å². The molecule has 8 rings (SSSR count). The lowest BCUT2D eigenvalue weighted by molar-refractivity contribution is -0.136. The molecule has 3 aromatic rings. The van der Waals surface area contributed by atoms with Gasteiger partial charge in [0.05, 0.1) is 21.7 Å². The number of anilines is 1. The molecule has 0 aliphatic carbocycles. The van der Waals surface area contributed by atoms with Crippen LogP contribution < -0.4 is 15.0 Å². The first-order chi connectivity index (χ1) is 28.6. The molecule has 0 aromatic heterocycles. The molecule has 5 amide bonds. The number of nitrogens with zero attached hydrogens (tertiary/aromatic N) is 5. The molecular formula is C47H53ClN6O6. The lowest BCUT2D eigenvalue weighted by Gasteiger charge is -2.52. The number of benzene rings is 3. The van der Waals surface area contributed by atoms with Gasteiger partial charge in [0.15, 0.2) is 0 Å². The molecule has 13 heteroatoms. The second-order valence-corrected chi connectivity index (χ2v) is 19.1. The van der Waals surface area contributed by atoms with Gasteiger partial charge in [0, 0.05) is 67.3 Å². The third-order valence-corrected chi connectivity index (χ3v) is 13.7. The SMILES string of the molecule is CC1(C)CN(C(=O)c2ccc(C3CCN(CC4CCN(c5ccc6c(c5)C(=O)N(C5CCC(=O)NC5=O)C6=O)CC4)CC3)cc2)CC(C)(C)C1Oc1ccc(C#N)c(Cl)c1. The van der Waals surface area contributed by atoms with E-state index in [4.69, 9.17) is 16.3 Å². The molecule has 5 heterocycles. The second-order valence-electron chi connectivity index (χ2n) is 18.7. The minimum Gasteiger partial charge on any atom is -0.489 e. The lowest BCUT2D eigenvalue weighted by atomic mass is 9.68. The first-order valence-electron chi connectivity index (χ1n) is 21.2. The number of fused-ring (bicyclic) bond motifs is 1. The van der Waals surface area contributed by atoms with E-state index in [1.54, 1.807) is 30.3 Å². The summed E-state index contributed by atoms with van der Waals surface area (Å²) in [6, 6.07) is 19.9. The fourth-order valence-corrected chi connectivity index (χ4v) is 10.7. The van der Waals surface area contributed by atoms with Crippen LogP contribution in [-0.4, -0.2) is 102 Å². The van der Waals surface area contributed by atoms with Gasteiger partial charge in [-0.2, -0.15) is 5.26 Å². The first kappa shape index (κ1) is 41.5. The molecule has 0 saturated carbocycles. The number of piperidine rings is 4. The summed E-state index contributed by atoms with van der Waals surface area (Å²) in [6.07, 6.45) is 4.27. The molecule has 0 spiro atoms. The molecule has 0 radical (unpaired) electrons. The van der Waals surface area contributed by atoms with Crippen LogP contribution in [0.4, 0.5) is 5.69 Å². The first-order valence-corrected chi connectivity index (χ1v) is 21.6. The van der Waals surface area contributed by atoms with Crippen molar-refractivity contribution in [3.05, 3.63) is 93.5 Å². The molecule has 1 atom stereocenters. The molecule has 60 heavy (non-hydrogen) atoms. The number of amides is 5. The average Bonchev–Trinajstić information content (AvgIpc) is 3.47. The van der Waals surface area contributed by atoms with Crippen LogP contribution >= 0.6 is 11.6 Å². The zero-order valence-electron chi connectivity index (χ0n) is 34.8. The van der Waals surface area contributed by atoms with Crippen LogP contribution in [0, 0.1) is 28.1 Å². The van der Waals surface area contributed by atoms with Crippen molar-refractivity contribution >= 4 is 46.8 Å². The topological polar surface area (TPSA) is 143 Å². The van der Waals surface area contributed by atoms with E-state index < -0.39 is 23.8 Å². The fourth-order valence-electron chi connectivity index (χ4n) is 10.4. The molecule has 5 aliphatic rings. The number of carbonyl (C=O) groups excluding carboxylic acids is 5. The van der Waals surface area contributed by atoms with E-state index in [9.17, 15) is 29.2 Å². The highest BCUT2D eigenvalue weighted by atomic mass is 35.5. The molecular weight excluding hydrogens is 780 g/mol. The van der Waals surface area contributed by atoms with Gasteiger partial charge in [-0.25, -0.2) is 0 Å². The maximum atomic E-state index is 13.9. The number of imide groups is 2. The van der Waals surface area contributed by atoms with Gasteiger partial charge in [0.1, 0.15) is 24.0 Å². The standard InChI is InChI=1S/C47H53ClN6O6/c1-46(2)27-53(28-47(3,4)45(46)60-35-11-9-33(25-49)38(48)24-35)42(57)32-7-5-30(6-8-32)31-17-19-51(20-18-31)26-29-15-21-52(22-16-29)34-10-12-36-37(23-34)44(59)54(43(36)58)39-13-14-40(55)50-41(39)56/h5-12,23-24,29,31,39,45H,13-22,26-28H2,1-4H3,(H,50,55,56). The summed E-state index contributed by atoms with van der Waals surface area (Å²) in [5.41, 5.74) is 3.21. The van der Waals surface area contributed by atoms with Crippen molar-refractivity contribution in [3.63, 3.8) is 0 Å². The molecule has 12 nitrogen and oxygen atoms in total. The van der Waals surface area contributed by atoms with Crippen LogP contribution in [0.5, 0.6) is 5.75 Å². The summed E-state index contributed by atoms with van der Waals surface area (Å²) in [4.78, 5) is 72.3. The summed E-state index contributed by atoms with van der Waals surface area (Å²) in [5, 5.41) is 11.9. The molecule has 4 saturated heterocycles. The van der Waals surface area contributed by atoms with Crippen molar-refractivity contribution in [3.8, 4) is 11.8 Å². The van der Waals surface area contributed by atoms with Crippen LogP contribution in [0.1, 0.15) is 114 Å². The molecule has 314 valence electrons. The van der Waals surface area contributed by atoms with Crippen LogP contribution in [0.2, 0.25) is 5.02 Å². The van der Waals surface area contributed by atoms with Crippen LogP contribution in [0.15, 0.2) is 60.7 Å². The lowest BCUT2D eigenvalue weighted by Crippen LogP contribution is -2.61. The van der Waals surface area contributed by atoms with E-state index in [1.165, 1.54) is 5.56 Å². The Morgan fingerprint density at radius 3 is 2.13 bits per heavy atom. The monoisotopic (exact) mass is 832 g/mol. The van der Waals surface area contributed by atoms with Crippen molar-refractivity contribution in [1.82, 2.24) is 20.0 Å². The van der Waals surface area contributed by atoms with Gasteiger partial charge < -0.3 is 19.4 Å². The number of likely N-dealkylation sites (tertiary alicyclic amines) is 2. The van der Waals surface area contributed by atoms with E-state index >= 15 is 0 Å². The van der Waals surface area contributed by atoms with Crippen LogP contribution in [-0.2, 0) is 9.59 Å². The summed E-state index contributed by atoms with van der Waals surface area (Å²) in [7, 11) is 0. The number of rotatable bonds is 8. The summed E-state index contributed by atoms with van der Waals surface area (Å²) < 4.78 is 6.52. The molecule has 4 fully saturated rings. The minimum absolute atomic E-state index is 0.0274. The number of halogens is 1. The normalized spacial score (nSPS) is 22.7. The van der Waals surface area contributed by atoms with E-state index in [2.05, 4.69) is 61.0 Å². The highest BCUT2D eigenvalue weighted by molar-refractivity contribution is 6.31. The summed E-state index contributed by atoms with van der Waals surface area (Å²) in [5.74, 6) is -0.284. The minimum atomic E-state index is -0.969. The molecule has 3 aromatic carbocycles. The third-order valence-electron chi connectivity index (χ3n) is 13.4. The predicted octanol–water partition coefficient (Wildman–Crippen LogP) is 6.66. The van der Waals surface area contributed by atoms with Gasteiger partial charge in [0.2, 0.25) is 11.8 Å².